The highest BCUT2D eigenvalue weighted by molar-refractivity contribution is 5.92. The zero-order chi connectivity index (χ0) is 13.8. The molecule has 0 nitrogen and oxygen atoms in total. The van der Waals surface area contributed by atoms with Crippen LogP contribution in [0.2, 0.25) is 0 Å². The molecule has 0 aliphatic carbocycles. The Morgan fingerprint density at radius 2 is 1.50 bits per heavy atom. The summed E-state index contributed by atoms with van der Waals surface area (Å²) in [5, 5.41) is 2.55. The second-order valence-electron chi connectivity index (χ2n) is 4.88. The molecule has 0 bridgehead atoms. The van der Waals surface area contributed by atoms with Crippen molar-refractivity contribution in [3.8, 4) is 0 Å². The quantitative estimate of drug-likeness (QED) is 0.533. The van der Waals surface area contributed by atoms with E-state index in [1.165, 1.54) is 27.5 Å². The van der Waals surface area contributed by atoms with E-state index in [1.54, 1.807) is 0 Å². The average Bonchev–Trinajstić information content (AvgIpc) is 2.50. The molecule has 3 rings (SSSR count). The summed E-state index contributed by atoms with van der Waals surface area (Å²) in [5.41, 5.74) is 6.99. The van der Waals surface area contributed by atoms with Crippen LogP contribution in [0.4, 0.5) is 0 Å². The summed E-state index contributed by atoms with van der Waals surface area (Å²) < 4.78 is 0. The highest BCUT2D eigenvalue weighted by Crippen LogP contribution is 2.23. The zero-order valence-corrected chi connectivity index (χ0v) is 11.5. The lowest BCUT2D eigenvalue weighted by Crippen LogP contribution is -1.83. The van der Waals surface area contributed by atoms with E-state index in [-0.39, 0.29) is 0 Å². The van der Waals surface area contributed by atoms with Gasteiger partial charge in [-0.1, -0.05) is 66.7 Å². The lowest BCUT2D eigenvalue weighted by molar-refractivity contribution is 1.48. The van der Waals surface area contributed by atoms with Gasteiger partial charge in [-0.3, -0.25) is 0 Å². The first kappa shape index (κ1) is 12.5. The van der Waals surface area contributed by atoms with Crippen molar-refractivity contribution in [2.75, 3.05) is 0 Å². The first-order chi connectivity index (χ1) is 9.84. The minimum atomic E-state index is 1.17. The van der Waals surface area contributed by atoms with Crippen molar-refractivity contribution in [2.45, 2.75) is 6.92 Å². The molecule has 3 aromatic carbocycles. The van der Waals surface area contributed by atoms with E-state index in [0.29, 0.717) is 0 Å². The van der Waals surface area contributed by atoms with Crippen molar-refractivity contribution in [3.63, 3.8) is 0 Å². The molecule has 3 aromatic rings. The molecule has 0 amide bonds. The Kier molecular flexibility index (Phi) is 3.50. The molecule has 20 heavy (non-hydrogen) atoms. The maximum Gasteiger partial charge on any atom is -0.00715 e. The minimum absolute atomic E-state index is 1.17. The van der Waals surface area contributed by atoms with Gasteiger partial charge in [0, 0.05) is 0 Å². The fourth-order valence-electron chi connectivity index (χ4n) is 2.37. The summed E-state index contributed by atoms with van der Waals surface area (Å²) in [4.78, 5) is 0. The van der Waals surface area contributed by atoms with Gasteiger partial charge in [0.1, 0.15) is 0 Å². The summed E-state index contributed by atoms with van der Waals surface area (Å²) in [6.07, 6.45) is 4.09. The number of fused-ring (bicyclic) bond motifs is 1. The number of aryl methyl sites for hydroxylation is 1. The van der Waals surface area contributed by atoms with Gasteiger partial charge in [0.2, 0.25) is 0 Å². The van der Waals surface area contributed by atoms with Crippen LogP contribution in [0.3, 0.4) is 0 Å². The third-order valence-corrected chi connectivity index (χ3v) is 3.47. The number of hydrogen-bond acceptors (Lipinski definition) is 0. The number of hydrogen-bond donors (Lipinski definition) is 0. The Hall–Kier alpha value is -2.56. The summed E-state index contributed by atoms with van der Waals surface area (Å²) in [6, 6.07) is 23.1. The fourth-order valence-corrected chi connectivity index (χ4v) is 2.37. The third kappa shape index (κ3) is 2.56. The van der Waals surface area contributed by atoms with Gasteiger partial charge in [0.15, 0.2) is 0 Å². The smallest absolute Gasteiger partial charge is 0.00715 e. The van der Waals surface area contributed by atoms with Crippen LogP contribution in [0.25, 0.3) is 22.9 Å². The molecular formula is C20H16. The predicted octanol–water partition coefficient (Wildman–Crippen LogP) is 5.47. The van der Waals surface area contributed by atoms with Gasteiger partial charge in [0.25, 0.3) is 0 Å². The summed E-state index contributed by atoms with van der Waals surface area (Å²) in [6.45, 7) is 2.14. The summed E-state index contributed by atoms with van der Waals surface area (Å²) in [5.74, 6) is 0. The molecule has 96 valence electrons. The van der Waals surface area contributed by atoms with E-state index in [4.69, 9.17) is 0 Å². The van der Waals surface area contributed by atoms with Gasteiger partial charge >= 0.3 is 0 Å². The minimum Gasteiger partial charge on any atom is -0.120 e. The van der Waals surface area contributed by atoms with Gasteiger partial charge in [-0.05, 0) is 46.5 Å². The zero-order valence-electron chi connectivity index (χ0n) is 11.5. The van der Waals surface area contributed by atoms with Crippen LogP contribution in [0.1, 0.15) is 16.7 Å². The molecule has 0 spiro atoms. The van der Waals surface area contributed by atoms with Crippen molar-refractivity contribution in [3.05, 3.63) is 89.2 Å². The molecule has 0 aliphatic heterocycles. The Morgan fingerprint density at radius 3 is 2.35 bits per heavy atom. The van der Waals surface area contributed by atoms with Crippen LogP contribution in [-0.2, 0) is 0 Å². The van der Waals surface area contributed by atoms with Crippen LogP contribution >= 0.6 is 0 Å². The Labute approximate surface area is 119 Å². The van der Waals surface area contributed by atoms with Gasteiger partial charge < -0.3 is 0 Å². The second kappa shape index (κ2) is 5.61. The van der Waals surface area contributed by atoms with Crippen molar-refractivity contribution in [1.82, 2.24) is 0 Å². The molecule has 0 radical (unpaired) electrons. The molecule has 0 fully saturated rings. The number of benzene rings is 3. The van der Waals surface area contributed by atoms with Gasteiger partial charge in [-0.15, -0.1) is 5.73 Å². The van der Waals surface area contributed by atoms with Gasteiger partial charge in [0.05, 0.1) is 0 Å². The van der Waals surface area contributed by atoms with Crippen molar-refractivity contribution < 1.29 is 0 Å². The van der Waals surface area contributed by atoms with Gasteiger partial charge in [-0.2, -0.15) is 0 Å². The lowest BCUT2D eigenvalue weighted by Gasteiger charge is -2.05. The molecule has 0 unspecified atom stereocenters. The first-order valence-corrected chi connectivity index (χ1v) is 6.80. The maximum atomic E-state index is 3.30. The maximum absolute atomic E-state index is 3.30. The Morgan fingerprint density at radius 1 is 0.750 bits per heavy atom. The van der Waals surface area contributed by atoms with E-state index in [2.05, 4.69) is 67.3 Å². The Bertz CT molecular complexity index is 789. The van der Waals surface area contributed by atoms with Crippen LogP contribution in [0.15, 0.2) is 72.5 Å². The molecule has 0 atom stereocenters. The second-order valence-corrected chi connectivity index (χ2v) is 4.88. The molecular weight excluding hydrogens is 240 g/mol. The number of rotatable bonds is 2. The van der Waals surface area contributed by atoms with E-state index < -0.39 is 0 Å². The lowest BCUT2D eigenvalue weighted by atomic mass is 10.00. The van der Waals surface area contributed by atoms with E-state index >= 15 is 0 Å². The highest BCUT2D eigenvalue weighted by Gasteiger charge is 2.00. The van der Waals surface area contributed by atoms with Crippen LogP contribution in [0, 0.1) is 6.92 Å². The van der Waals surface area contributed by atoms with E-state index in [9.17, 15) is 0 Å². The molecule has 0 aromatic heterocycles. The van der Waals surface area contributed by atoms with Crippen LogP contribution in [-0.4, -0.2) is 0 Å². The molecule has 0 saturated heterocycles. The largest absolute Gasteiger partial charge is 0.120 e. The topological polar surface area (TPSA) is 0 Å². The van der Waals surface area contributed by atoms with Gasteiger partial charge in [-0.25, -0.2) is 0 Å². The van der Waals surface area contributed by atoms with Crippen molar-refractivity contribution >= 4 is 22.9 Å². The fraction of sp³-hybridized carbons (Fsp3) is 0.0500. The predicted molar refractivity (Wildman–Crippen MR) is 87.6 cm³/mol. The molecule has 0 heteroatoms. The third-order valence-electron chi connectivity index (χ3n) is 3.47. The van der Waals surface area contributed by atoms with E-state index in [0.717, 1.165) is 0 Å². The molecule has 0 N–H and O–H groups in total. The first-order valence-electron chi connectivity index (χ1n) is 6.80. The Balaban J connectivity index is 2.07. The molecule has 0 heterocycles. The highest BCUT2D eigenvalue weighted by atomic mass is 14.0. The summed E-state index contributed by atoms with van der Waals surface area (Å²) in [7, 11) is 0. The molecule has 0 aliphatic rings. The molecule has 0 saturated carbocycles. The normalized spacial score (nSPS) is 10.1. The summed E-state index contributed by atoms with van der Waals surface area (Å²) >= 11 is 0. The van der Waals surface area contributed by atoms with Crippen LogP contribution in [0.5, 0.6) is 0 Å². The van der Waals surface area contributed by atoms with Crippen LogP contribution < -0.4 is 0 Å². The standard InChI is InChI=1S/C20H16/c1-16-14-15-18-11-5-6-12-20(18)19(16)13-7-10-17-8-3-2-4-9-17/h2-6,8-15H,1H3. The van der Waals surface area contributed by atoms with Crippen molar-refractivity contribution in [1.29, 1.82) is 0 Å². The van der Waals surface area contributed by atoms with E-state index in [1.807, 2.05) is 24.3 Å². The monoisotopic (exact) mass is 256 g/mol. The average molecular weight is 256 g/mol. The SMILES string of the molecule is Cc1ccc2ccccc2c1C=C=Cc1ccccc1. The van der Waals surface area contributed by atoms with Crippen molar-refractivity contribution in [2.24, 2.45) is 0 Å².